The summed E-state index contributed by atoms with van der Waals surface area (Å²) in [6.07, 6.45) is 0.917. The molecule has 0 bridgehead atoms. The van der Waals surface area contributed by atoms with E-state index < -0.39 is 33.0 Å². The SMILES string of the molecule is COc1ccc(C(NC(=O)C(C)S(C)(=O)=O)C(=O)O)cc1. The monoisotopic (exact) mass is 315 g/mol. The van der Waals surface area contributed by atoms with Crippen LogP contribution >= 0.6 is 0 Å². The third-order valence-corrected chi connectivity index (χ3v) is 4.49. The van der Waals surface area contributed by atoms with Crippen LogP contribution in [0.25, 0.3) is 0 Å². The van der Waals surface area contributed by atoms with Crippen molar-refractivity contribution in [3.8, 4) is 5.75 Å². The van der Waals surface area contributed by atoms with Crippen LogP contribution in [-0.4, -0.2) is 44.0 Å². The lowest BCUT2D eigenvalue weighted by Crippen LogP contribution is -2.42. The van der Waals surface area contributed by atoms with E-state index in [9.17, 15) is 23.1 Å². The number of ether oxygens (including phenoxy) is 1. The van der Waals surface area contributed by atoms with Crippen LogP contribution in [-0.2, 0) is 19.4 Å². The van der Waals surface area contributed by atoms with Gasteiger partial charge in [0, 0.05) is 6.26 Å². The van der Waals surface area contributed by atoms with Gasteiger partial charge < -0.3 is 15.2 Å². The number of methoxy groups -OCH3 is 1. The number of nitrogens with one attached hydrogen (secondary N) is 1. The molecule has 1 aromatic rings. The third-order valence-electron chi connectivity index (χ3n) is 2.99. The second kappa shape index (κ2) is 6.57. The maximum Gasteiger partial charge on any atom is 0.330 e. The van der Waals surface area contributed by atoms with Gasteiger partial charge in [-0.25, -0.2) is 13.2 Å². The molecule has 0 radical (unpaired) electrons. The summed E-state index contributed by atoms with van der Waals surface area (Å²) in [4.78, 5) is 23.1. The maximum atomic E-state index is 11.8. The van der Waals surface area contributed by atoms with Crippen LogP contribution < -0.4 is 10.1 Å². The van der Waals surface area contributed by atoms with Gasteiger partial charge in [0.2, 0.25) is 5.91 Å². The summed E-state index contributed by atoms with van der Waals surface area (Å²) in [6, 6.07) is 4.76. The van der Waals surface area contributed by atoms with E-state index in [0.717, 1.165) is 6.26 Å². The van der Waals surface area contributed by atoms with Crippen molar-refractivity contribution >= 4 is 21.7 Å². The molecule has 0 fully saturated rings. The minimum Gasteiger partial charge on any atom is -0.497 e. The summed E-state index contributed by atoms with van der Waals surface area (Å²) in [7, 11) is -2.12. The lowest BCUT2D eigenvalue weighted by molar-refractivity contribution is -0.141. The molecular weight excluding hydrogens is 298 g/mol. The van der Waals surface area contributed by atoms with E-state index >= 15 is 0 Å². The molecule has 1 rings (SSSR count). The fourth-order valence-corrected chi connectivity index (χ4v) is 1.99. The van der Waals surface area contributed by atoms with Crippen LogP contribution in [0.2, 0.25) is 0 Å². The molecule has 7 nitrogen and oxygen atoms in total. The number of sulfone groups is 1. The molecule has 0 aromatic heterocycles. The number of carbonyl (C=O) groups excluding carboxylic acids is 1. The molecule has 2 N–H and O–H groups in total. The van der Waals surface area contributed by atoms with Gasteiger partial charge in [0.25, 0.3) is 0 Å². The summed E-state index contributed by atoms with van der Waals surface area (Å²) in [5.41, 5.74) is 0.317. The first-order chi connectivity index (χ1) is 9.66. The molecule has 0 saturated heterocycles. The number of carbonyl (C=O) groups is 2. The smallest absolute Gasteiger partial charge is 0.330 e. The van der Waals surface area contributed by atoms with Gasteiger partial charge in [-0.1, -0.05) is 12.1 Å². The molecule has 2 unspecified atom stereocenters. The van der Waals surface area contributed by atoms with E-state index in [1.54, 1.807) is 12.1 Å². The van der Waals surface area contributed by atoms with Crippen LogP contribution in [0.4, 0.5) is 0 Å². The van der Waals surface area contributed by atoms with Gasteiger partial charge in [0.15, 0.2) is 15.9 Å². The first-order valence-corrected chi connectivity index (χ1v) is 7.98. The molecule has 0 saturated carbocycles. The molecular formula is C13H17NO6S. The predicted octanol–water partition coefficient (Wildman–Crippen LogP) is 0.370. The highest BCUT2D eigenvalue weighted by Gasteiger charge is 2.29. The number of amides is 1. The van der Waals surface area contributed by atoms with E-state index in [4.69, 9.17) is 4.74 Å². The average molecular weight is 315 g/mol. The van der Waals surface area contributed by atoms with Crippen molar-refractivity contribution in [1.82, 2.24) is 5.32 Å². The standard InChI is InChI=1S/C13H17NO6S/c1-8(21(3,18)19)12(15)14-11(13(16)17)9-4-6-10(20-2)7-5-9/h4-8,11H,1-3H3,(H,14,15)(H,16,17). The Morgan fingerprint density at radius 3 is 2.14 bits per heavy atom. The van der Waals surface area contributed by atoms with Crippen LogP contribution in [0.15, 0.2) is 24.3 Å². The highest BCUT2D eigenvalue weighted by molar-refractivity contribution is 7.92. The number of hydrogen-bond donors (Lipinski definition) is 2. The second-order valence-electron chi connectivity index (χ2n) is 4.52. The average Bonchev–Trinajstić information content (AvgIpc) is 2.42. The Morgan fingerprint density at radius 1 is 1.24 bits per heavy atom. The second-order valence-corrected chi connectivity index (χ2v) is 6.89. The first kappa shape index (κ1) is 17.0. The van der Waals surface area contributed by atoms with E-state index in [-0.39, 0.29) is 0 Å². The predicted molar refractivity (Wildman–Crippen MR) is 75.8 cm³/mol. The molecule has 0 aliphatic heterocycles. The Kier molecular flexibility index (Phi) is 5.31. The van der Waals surface area contributed by atoms with Gasteiger partial charge in [0.05, 0.1) is 7.11 Å². The zero-order valence-electron chi connectivity index (χ0n) is 11.9. The highest BCUT2D eigenvalue weighted by Crippen LogP contribution is 2.18. The number of carboxylic acid groups (broad SMARTS) is 1. The normalized spacial score (nSPS) is 14.0. The Balaban J connectivity index is 2.97. The molecule has 21 heavy (non-hydrogen) atoms. The zero-order valence-corrected chi connectivity index (χ0v) is 12.7. The van der Waals surface area contributed by atoms with Crippen molar-refractivity contribution < 1.29 is 27.9 Å². The molecule has 1 amide bonds. The molecule has 0 aliphatic carbocycles. The molecule has 0 spiro atoms. The Hall–Kier alpha value is -2.09. The topological polar surface area (TPSA) is 110 Å². The van der Waals surface area contributed by atoms with Crippen molar-refractivity contribution in [3.05, 3.63) is 29.8 Å². The molecule has 0 heterocycles. The summed E-state index contributed by atoms with van der Waals surface area (Å²) in [5, 5.41) is 10.1. The van der Waals surface area contributed by atoms with Crippen LogP contribution in [0.3, 0.4) is 0 Å². The number of rotatable bonds is 6. The van der Waals surface area contributed by atoms with Crippen LogP contribution in [0, 0.1) is 0 Å². The lowest BCUT2D eigenvalue weighted by atomic mass is 10.1. The Labute approximate surface area is 122 Å². The first-order valence-electron chi connectivity index (χ1n) is 6.02. The summed E-state index contributed by atoms with van der Waals surface area (Å²) < 4.78 is 27.6. The fourth-order valence-electron chi connectivity index (χ4n) is 1.54. The Bertz CT molecular complexity index is 623. The van der Waals surface area contributed by atoms with Gasteiger partial charge in [-0.05, 0) is 24.6 Å². The Morgan fingerprint density at radius 2 is 1.76 bits per heavy atom. The number of hydrogen-bond acceptors (Lipinski definition) is 5. The minimum absolute atomic E-state index is 0.317. The largest absolute Gasteiger partial charge is 0.497 e. The van der Waals surface area contributed by atoms with Crippen LogP contribution in [0.5, 0.6) is 5.75 Å². The number of benzene rings is 1. The quantitative estimate of drug-likeness (QED) is 0.785. The van der Waals surface area contributed by atoms with E-state index in [1.807, 2.05) is 0 Å². The highest BCUT2D eigenvalue weighted by atomic mass is 32.2. The molecule has 2 atom stereocenters. The van der Waals surface area contributed by atoms with Crippen LogP contribution in [0.1, 0.15) is 18.5 Å². The number of aliphatic carboxylic acids is 1. The van der Waals surface area contributed by atoms with E-state index in [2.05, 4.69) is 5.32 Å². The molecule has 1 aromatic carbocycles. The molecule has 8 heteroatoms. The minimum atomic E-state index is -3.59. The molecule has 116 valence electrons. The summed E-state index contributed by atoms with van der Waals surface area (Å²) in [5.74, 6) is -1.60. The van der Waals surface area contributed by atoms with Gasteiger partial charge in [-0.3, -0.25) is 4.79 Å². The van der Waals surface area contributed by atoms with Crippen molar-refractivity contribution in [2.45, 2.75) is 18.2 Å². The van der Waals surface area contributed by atoms with Crippen molar-refractivity contribution in [1.29, 1.82) is 0 Å². The lowest BCUT2D eigenvalue weighted by Gasteiger charge is -2.17. The van der Waals surface area contributed by atoms with Gasteiger partial charge in [-0.2, -0.15) is 0 Å². The summed E-state index contributed by atoms with van der Waals surface area (Å²) in [6.45, 7) is 1.21. The summed E-state index contributed by atoms with van der Waals surface area (Å²) >= 11 is 0. The van der Waals surface area contributed by atoms with Crippen molar-refractivity contribution in [2.75, 3.05) is 13.4 Å². The van der Waals surface area contributed by atoms with Crippen molar-refractivity contribution in [2.24, 2.45) is 0 Å². The molecule has 0 aliphatic rings. The van der Waals surface area contributed by atoms with Gasteiger partial charge in [-0.15, -0.1) is 0 Å². The van der Waals surface area contributed by atoms with Gasteiger partial charge in [0.1, 0.15) is 11.0 Å². The fraction of sp³-hybridized carbons (Fsp3) is 0.385. The van der Waals surface area contributed by atoms with E-state index in [1.165, 1.54) is 26.2 Å². The maximum absolute atomic E-state index is 11.8. The third kappa shape index (κ3) is 4.45. The van der Waals surface area contributed by atoms with Crippen molar-refractivity contribution in [3.63, 3.8) is 0 Å². The zero-order chi connectivity index (χ0) is 16.2. The number of carboxylic acids is 1. The van der Waals surface area contributed by atoms with Gasteiger partial charge >= 0.3 is 5.97 Å². The van der Waals surface area contributed by atoms with E-state index in [0.29, 0.717) is 11.3 Å².